The van der Waals surface area contributed by atoms with Gasteiger partial charge in [0, 0.05) is 6.42 Å². The molecular formula is C26H36O6. The molecule has 0 spiro atoms. The minimum atomic E-state index is -0.551. The lowest BCUT2D eigenvalue weighted by Gasteiger charge is -2.43. The third-order valence-corrected chi connectivity index (χ3v) is 6.83. The van der Waals surface area contributed by atoms with E-state index in [-0.39, 0.29) is 30.7 Å². The molecule has 1 aromatic rings. The van der Waals surface area contributed by atoms with E-state index in [1.807, 2.05) is 37.3 Å². The fourth-order valence-corrected chi connectivity index (χ4v) is 5.02. The van der Waals surface area contributed by atoms with E-state index in [1.54, 1.807) is 0 Å². The lowest BCUT2D eigenvalue weighted by molar-refractivity contribution is -0.428. The van der Waals surface area contributed by atoms with Crippen LogP contribution in [0.5, 0.6) is 0 Å². The van der Waals surface area contributed by atoms with Gasteiger partial charge in [0.05, 0.1) is 6.42 Å². The summed E-state index contributed by atoms with van der Waals surface area (Å²) in [5, 5.41) is 0. The van der Waals surface area contributed by atoms with Gasteiger partial charge in [-0.2, -0.15) is 0 Å². The average Bonchev–Trinajstić information content (AvgIpc) is 3.09. The van der Waals surface area contributed by atoms with Gasteiger partial charge in [-0.25, -0.2) is 19.6 Å². The Kier molecular flexibility index (Phi) is 7.66. The number of ether oxygens (including phenoxy) is 1. The van der Waals surface area contributed by atoms with Crippen molar-refractivity contribution in [3.63, 3.8) is 0 Å². The first-order chi connectivity index (χ1) is 15.5. The Labute approximate surface area is 191 Å². The van der Waals surface area contributed by atoms with Gasteiger partial charge in [0.15, 0.2) is 0 Å². The maximum absolute atomic E-state index is 11.6. The Balaban J connectivity index is 1.05. The summed E-state index contributed by atoms with van der Waals surface area (Å²) in [6.07, 6.45) is 13.8. The molecule has 176 valence electrons. The van der Waals surface area contributed by atoms with E-state index in [9.17, 15) is 4.79 Å². The largest absolute Gasteiger partial charge is 0.456 e. The molecule has 2 fully saturated rings. The summed E-state index contributed by atoms with van der Waals surface area (Å²) in [5.41, 5.74) is 0.169. The predicted octanol–water partition coefficient (Wildman–Crippen LogP) is 5.92. The van der Waals surface area contributed by atoms with Crippen molar-refractivity contribution < 1.29 is 29.1 Å². The van der Waals surface area contributed by atoms with Crippen LogP contribution in [0.1, 0.15) is 89.7 Å². The highest BCUT2D eigenvalue weighted by Gasteiger charge is 2.55. The van der Waals surface area contributed by atoms with E-state index in [1.165, 1.54) is 25.7 Å². The average molecular weight is 445 g/mol. The molecule has 0 bridgehead atoms. The van der Waals surface area contributed by atoms with Gasteiger partial charge >= 0.3 is 5.97 Å². The van der Waals surface area contributed by atoms with Gasteiger partial charge in [-0.15, -0.1) is 0 Å². The van der Waals surface area contributed by atoms with Gasteiger partial charge in [0.1, 0.15) is 29.5 Å². The number of rotatable bonds is 10. The zero-order chi connectivity index (χ0) is 22.4. The van der Waals surface area contributed by atoms with Gasteiger partial charge in [0.25, 0.3) is 0 Å². The van der Waals surface area contributed by atoms with Crippen LogP contribution in [0.25, 0.3) is 0 Å². The third kappa shape index (κ3) is 5.98. The number of fused-ring (bicyclic) bond motifs is 1. The van der Waals surface area contributed by atoms with Crippen LogP contribution in [0.15, 0.2) is 42.5 Å². The van der Waals surface area contributed by atoms with Crippen molar-refractivity contribution in [3.05, 3.63) is 48.0 Å². The van der Waals surface area contributed by atoms with Crippen molar-refractivity contribution in [1.29, 1.82) is 0 Å². The Morgan fingerprint density at radius 3 is 2.41 bits per heavy atom. The lowest BCUT2D eigenvalue weighted by Crippen LogP contribution is -2.51. The molecule has 0 saturated carbocycles. The molecule has 3 aliphatic heterocycles. The Hall–Kier alpha value is -1.73. The number of esters is 1. The molecule has 0 radical (unpaired) electrons. The summed E-state index contributed by atoms with van der Waals surface area (Å²) in [4.78, 5) is 33.9. The normalized spacial score (nSPS) is 34.3. The molecular weight excluding hydrogens is 408 g/mol. The van der Waals surface area contributed by atoms with E-state index < -0.39 is 11.2 Å². The third-order valence-electron chi connectivity index (χ3n) is 6.83. The highest BCUT2D eigenvalue weighted by atomic mass is 17.2. The van der Waals surface area contributed by atoms with Gasteiger partial charge < -0.3 is 4.74 Å². The molecule has 0 amide bonds. The van der Waals surface area contributed by atoms with Crippen LogP contribution in [-0.4, -0.2) is 29.4 Å². The molecule has 5 atom stereocenters. The van der Waals surface area contributed by atoms with Crippen molar-refractivity contribution in [3.8, 4) is 0 Å². The van der Waals surface area contributed by atoms with Crippen molar-refractivity contribution in [2.45, 2.75) is 108 Å². The highest BCUT2D eigenvalue weighted by molar-refractivity contribution is 5.73. The van der Waals surface area contributed by atoms with Crippen molar-refractivity contribution in [1.82, 2.24) is 0 Å². The molecule has 6 nitrogen and oxygen atoms in total. The molecule has 6 heteroatoms. The summed E-state index contributed by atoms with van der Waals surface area (Å²) in [7, 11) is 0. The quantitative estimate of drug-likeness (QED) is 0.193. The zero-order valence-corrected chi connectivity index (χ0v) is 19.3. The second-order valence-corrected chi connectivity index (χ2v) is 9.89. The van der Waals surface area contributed by atoms with Gasteiger partial charge in [-0.3, -0.25) is 4.79 Å². The van der Waals surface area contributed by atoms with Crippen LogP contribution < -0.4 is 0 Å². The molecule has 2 saturated heterocycles. The van der Waals surface area contributed by atoms with Gasteiger partial charge in [-0.1, -0.05) is 74.9 Å². The first-order valence-electron chi connectivity index (χ1n) is 12.1. The minimum absolute atomic E-state index is 0.0493. The predicted molar refractivity (Wildman–Crippen MR) is 119 cm³/mol. The van der Waals surface area contributed by atoms with E-state index in [0.717, 1.165) is 31.2 Å². The molecule has 5 unspecified atom stereocenters. The minimum Gasteiger partial charge on any atom is -0.456 e. The molecule has 3 heterocycles. The summed E-state index contributed by atoms with van der Waals surface area (Å²) in [6, 6.07) is 10.1. The monoisotopic (exact) mass is 444 g/mol. The van der Waals surface area contributed by atoms with Crippen molar-refractivity contribution in [2.24, 2.45) is 0 Å². The smallest absolute Gasteiger partial charge is 0.309 e. The molecule has 1 aromatic carbocycles. The standard InChI is InChI=1S/C26H36O6/c1-25(19-26(2)23(31-32-25)18-24(27)28-26)17-11-6-4-3-5-10-14-21-15-16-22(30-29-21)20-12-8-7-9-13-20/h7-9,12-13,15-16,21-23H,3-6,10-11,14,17-19H2,1-2H3. The second kappa shape index (κ2) is 10.5. The summed E-state index contributed by atoms with van der Waals surface area (Å²) in [5.74, 6) is -0.193. The van der Waals surface area contributed by atoms with E-state index in [0.29, 0.717) is 6.42 Å². The molecule has 3 aliphatic rings. The number of carbonyl (C=O) groups excluding carboxylic acids is 1. The summed E-state index contributed by atoms with van der Waals surface area (Å²) >= 11 is 0. The first-order valence-corrected chi connectivity index (χ1v) is 12.1. The Bertz CT molecular complexity index is 780. The van der Waals surface area contributed by atoms with Gasteiger partial charge in [0.2, 0.25) is 0 Å². The number of carbonyl (C=O) groups is 1. The SMILES string of the molecule is CC1(CCCCCCCCC2C=CC(c3ccccc3)OO2)CC2(C)OC(=O)CC2OO1. The number of benzene rings is 1. The van der Waals surface area contributed by atoms with Gasteiger partial charge in [-0.05, 0) is 38.3 Å². The van der Waals surface area contributed by atoms with Crippen LogP contribution in [-0.2, 0) is 29.1 Å². The number of hydrogen-bond acceptors (Lipinski definition) is 6. The zero-order valence-electron chi connectivity index (χ0n) is 19.3. The number of hydrogen-bond donors (Lipinski definition) is 0. The maximum atomic E-state index is 11.6. The Morgan fingerprint density at radius 1 is 0.906 bits per heavy atom. The van der Waals surface area contributed by atoms with E-state index in [4.69, 9.17) is 24.3 Å². The summed E-state index contributed by atoms with van der Waals surface area (Å²) < 4.78 is 5.53. The van der Waals surface area contributed by atoms with Crippen LogP contribution in [0.4, 0.5) is 0 Å². The fourth-order valence-electron chi connectivity index (χ4n) is 5.02. The van der Waals surface area contributed by atoms with Crippen LogP contribution in [0, 0.1) is 0 Å². The number of unbranched alkanes of at least 4 members (excludes halogenated alkanes) is 5. The highest BCUT2D eigenvalue weighted by Crippen LogP contribution is 2.44. The van der Waals surface area contributed by atoms with Crippen molar-refractivity contribution in [2.75, 3.05) is 0 Å². The molecule has 4 rings (SSSR count). The summed E-state index contributed by atoms with van der Waals surface area (Å²) in [6.45, 7) is 4.02. The molecule has 32 heavy (non-hydrogen) atoms. The van der Waals surface area contributed by atoms with Crippen LogP contribution >= 0.6 is 0 Å². The second-order valence-electron chi connectivity index (χ2n) is 9.89. The van der Waals surface area contributed by atoms with Crippen LogP contribution in [0.3, 0.4) is 0 Å². The van der Waals surface area contributed by atoms with Crippen molar-refractivity contribution >= 4 is 5.97 Å². The fraction of sp³-hybridized carbons (Fsp3) is 0.654. The van der Waals surface area contributed by atoms with Crippen LogP contribution in [0.2, 0.25) is 0 Å². The first kappa shape index (κ1) is 23.4. The van der Waals surface area contributed by atoms with E-state index in [2.05, 4.69) is 19.1 Å². The molecule has 0 N–H and O–H groups in total. The molecule has 0 aromatic heterocycles. The Morgan fingerprint density at radius 2 is 1.66 bits per heavy atom. The maximum Gasteiger partial charge on any atom is 0.309 e. The topological polar surface area (TPSA) is 63.2 Å². The molecule has 0 aliphatic carbocycles. The lowest BCUT2D eigenvalue weighted by atomic mass is 9.82. The van der Waals surface area contributed by atoms with E-state index >= 15 is 0 Å².